The van der Waals surface area contributed by atoms with E-state index < -0.39 is 0 Å². The van der Waals surface area contributed by atoms with Crippen LogP contribution in [0.3, 0.4) is 0 Å². The molecule has 0 unspecified atom stereocenters. The fourth-order valence-electron chi connectivity index (χ4n) is 3.23. The van der Waals surface area contributed by atoms with Crippen LogP contribution in [0.25, 0.3) is 10.9 Å². The molecule has 3 aromatic rings. The van der Waals surface area contributed by atoms with Gasteiger partial charge in [-0.05, 0) is 36.8 Å². The Balaban J connectivity index is 0.00000272. The van der Waals surface area contributed by atoms with Crippen LogP contribution in [0.4, 0.5) is 11.5 Å². The maximum Gasteiger partial charge on any atom is 0.162 e. The van der Waals surface area contributed by atoms with E-state index in [-0.39, 0.29) is 18.7 Å². The highest BCUT2D eigenvalue weighted by Crippen LogP contribution is 2.34. The zero-order valence-corrected chi connectivity index (χ0v) is 18.3. The lowest BCUT2D eigenvalue weighted by Gasteiger charge is -2.23. The number of benzene rings is 2. The summed E-state index contributed by atoms with van der Waals surface area (Å²) < 4.78 is 27.6. The highest BCUT2D eigenvalue weighted by atomic mass is 35.5. The molecule has 0 aliphatic carbocycles. The van der Waals surface area contributed by atoms with Crippen LogP contribution in [0, 0.1) is 0 Å². The first-order chi connectivity index (χ1) is 14.8. The number of rotatable bonds is 8. The number of methoxy groups -OCH3 is 2. The normalized spacial score (nSPS) is 14.0. The second-order valence-corrected chi connectivity index (χ2v) is 6.76. The Morgan fingerprint density at radius 1 is 1.00 bits per heavy atom. The number of anilines is 2. The third-order valence-corrected chi connectivity index (χ3v) is 4.78. The molecule has 1 aromatic heterocycles. The van der Waals surface area contributed by atoms with Gasteiger partial charge in [-0.15, -0.1) is 12.4 Å². The summed E-state index contributed by atoms with van der Waals surface area (Å²) in [5.41, 5.74) is 1.65. The Morgan fingerprint density at radius 2 is 1.71 bits per heavy atom. The largest absolute Gasteiger partial charge is 0.493 e. The molecule has 9 heteroatoms. The molecule has 0 radical (unpaired) electrons. The van der Waals surface area contributed by atoms with Crippen molar-refractivity contribution in [2.45, 2.75) is 19.1 Å². The molecule has 31 heavy (non-hydrogen) atoms. The molecule has 1 fully saturated rings. The summed E-state index contributed by atoms with van der Waals surface area (Å²) in [7, 11) is 3.20. The van der Waals surface area contributed by atoms with Crippen LogP contribution in [0.5, 0.6) is 17.2 Å². The summed E-state index contributed by atoms with van der Waals surface area (Å²) in [4.78, 5) is 8.71. The maximum atomic E-state index is 5.80. The molecule has 1 N–H and O–H groups in total. The lowest BCUT2D eigenvalue weighted by Crippen LogP contribution is -2.26. The van der Waals surface area contributed by atoms with Gasteiger partial charge in [0.2, 0.25) is 0 Å². The number of ether oxygens (including phenoxy) is 5. The van der Waals surface area contributed by atoms with Gasteiger partial charge in [0, 0.05) is 23.6 Å². The smallest absolute Gasteiger partial charge is 0.162 e. The minimum Gasteiger partial charge on any atom is -0.493 e. The van der Waals surface area contributed by atoms with Crippen LogP contribution in [-0.2, 0) is 9.47 Å². The number of fused-ring (bicyclic) bond motifs is 1. The first kappa shape index (κ1) is 22.9. The number of nitrogens with one attached hydrogen (secondary N) is 1. The van der Waals surface area contributed by atoms with Gasteiger partial charge in [0.15, 0.2) is 17.8 Å². The molecule has 0 spiro atoms. The molecule has 1 aliphatic rings. The Hall–Kier alpha value is -2.81. The van der Waals surface area contributed by atoms with E-state index in [2.05, 4.69) is 15.3 Å². The molecule has 1 saturated heterocycles. The van der Waals surface area contributed by atoms with Crippen molar-refractivity contribution >= 4 is 34.8 Å². The van der Waals surface area contributed by atoms with E-state index in [0.717, 1.165) is 42.0 Å². The van der Waals surface area contributed by atoms with Crippen LogP contribution in [0.1, 0.15) is 12.8 Å². The quantitative estimate of drug-likeness (QED) is 0.545. The van der Waals surface area contributed by atoms with Gasteiger partial charge < -0.3 is 29.0 Å². The van der Waals surface area contributed by atoms with E-state index in [0.29, 0.717) is 30.3 Å². The highest BCUT2D eigenvalue weighted by molar-refractivity contribution is 5.93. The fraction of sp³-hybridized carbons (Fsp3) is 0.364. The molecule has 2 heterocycles. The fourth-order valence-corrected chi connectivity index (χ4v) is 3.23. The van der Waals surface area contributed by atoms with E-state index in [1.807, 2.05) is 36.4 Å². The molecule has 0 bridgehead atoms. The number of aromatic nitrogens is 2. The molecule has 2 aromatic carbocycles. The molecular weight excluding hydrogens is 422 g/mol. The summed E-state index contributed by atoms with van der Waals surface area (Å²) in [6.07, 6.45) is 3.01. The highest BCUT2D eigenvalue weighted by Gasteiger charge is 2.14. The predicted octanol–water partition coefficient (Wildman–Crippen LogP) is 4.34. The lowest BCUT2D eigenvalue weighted by atomic mass is 10.2. The Morgan fingerprint density at radius 3 is 2.42 bits per heavy atom. The maximum absolute atomic E-state index is 5.80. The van der Waals surface area contributed by atoms with Crippen molar-refractivity contribution in [2.75, 3.05) is 39.4 Å². The molecule has 4 rings (SSSR count). The van der Waals surface area contributed by atoms with E-state index in [1.54, 1.807) is 14.2 Å². The van der Waals surface area contributed by atoms with Crippen LogP contribution in [0.2, 0.25) is 0 Å². The Kier molecular flexibility index (Phi) is 8.11. The third kappa shape index (κ3) is 5.66. The molecule has 166 valence electrons. The van der Waals surface area contributed by atoms with Gasteiger partial charge in [-0.2, -0.15) is 0 Å². The van der Waals surface area contributed by atoms with Crippen molar-refractivity contribution in [1.29, 1.82) is 0 Å². The third-order valence-electron chi connectivity index (χ3n) is 4.78. The summed E-state index contributed by atoms with van der Waals surface area (Å²) >= 11 is 0. The van der Waals surface area contributed by atoms with Crippen molar-refractivity contribution < 1.29 is 23.7 Å². The minimum absolute atomic E-state index is 0. The predicted molar refractivity (Wildman–Crippen MR) is 120 cm³/mol. The number of hydrogen-bond donors (Lipinski definition) is 1. The monoisotopic (exact) mass is 447 g/mol. The summed E-state index contributed by atoms with van der Waals surface area (Å²) in [5.74, 6) is 2.72. The Labute approximate surface area is 187 Å². The van der Waals surface area contributed by atoms with Gasteiger partial charge in [0.1, 0.15) is 17.9 Å². The van der Waals surface area contributed by atoms with Gasteiger partial charge in [0.05, 0.1) is 39.6 Å². The van der Waals surface area contributed by atoms with Gasteiger partial charge in [0.25, 0.3) is 0 Å². The van der Waals surface area contributed by atoms with Crippen LogP contribution in [-0.4, -0.2) is 50.3 Å². The average molecular weight is 448 g/mol. The average Bonchev–Trinajstić information content (AvgIpc) is 2.80. The summed E-state index contributed by atoms with van der Waals surface area (Å²) in [6.45, 7) is 2.04. The molecule has 0 amide bonds. The van der Waals surface area contributed by atoms with Crippen LogP contribution in [0.15, 0.2) is 42.7 Å². The van der Waals surface area contributed by atoms with Gasteiger partial charge >= 0.3 is 0 Å². The van der Waals surface area contributed by atoms with Crippen molar-refractivity contribution in [1.82, 2.24) is 9.97 Å². The topological polar surface area (TPSA) is 84.0 Å². The molecule has 0 saturated carbocycles. The van der Waals surface area contributed by atoms with Crippen molar-refractivity contribution in [3.63, 3.8) is 0 Å². The van der Waals surface area contributed by atoms with Gasteiger partial charge in [-0.3, -0.25) is 0 Å². The van der Waals surface area contributed by atoms with Crippen LogP contribution < -0.4 is 19.5 Å². The number of halogens is 1. The van der Waals surface area contributed by atoms with Crippen LogP contribution >= 0.6 is 12.4 Å². The SMILES string of the molecule is COc1cc2ncnc(Nc3ccc(OCCC4OCCCO4)cc3)c2cc1OC.Cl. The second-order valence-electron chi connectivity index (χ2n) is 6.76. The number of hydrogen-bond acceptors (Lipinski definition) is 8. The Bertz CT molecular complexity index is 981. The second kappa shape index (κ2) is 11.0. The summed E-state index contributed by atoms with van der Waals surface area (Å²) in [5, 5.41) is 4.16. The van der Waals surface area contributed by atoms with E-state index in [4.69, 9.17) is 23.7 Å². The standard InChI is InChI=1S/C22H25N3O5.ClH/c1-26-19-12-17-18(13-20(19)27-2)23-14-24-22(17)25-15-4-6-16(7-5-15)28-11-8-21-29-9-3-10-30-21;/h4-7,12-14,21H,3,8-11H2,1-2H3,(H,23,24,25);1H. The first-order valence-electron chi connectivity index (χ1n) is 9.86. The summed E-state index contributed by atoms with van der Waals surface area (Å²) in [6, 6.07) is 11.4. The zero-order chi connectivity index (χ0) is 20.8. The molecular formula is C22H26ClN3O5. The van der Waals surface area contributed by atoms with Gasteiger partial charge in [-0.1, -0.05) is 0 Å². The van der Waals surface area contributed by atoms with Crippen molar-refractivity contribution in [3.05, 3.63) is 42.7 Å². The minimum atomic E-state index is -0.165. The number of nitrogens with zero attached hydrogens (tertiary/aromatic N) is 2. The van der Waals surface area contributed by atoms with E-state index >= 15 is 0 Å². The zero-order valence-electron chi connectivity index (χ0n) is 17.5. The van der Waals surface area contributed by atoms with E-state index in [1.165, 1.54) is 6.33 Å². The molecule has 0 atom stereocenters. The van der Waals surface area contributed by atoms with Crippen molar-refractivity contribution in [3.8, 4) is 17.2 Å². The lowest BCUT2D eigenvalue weighted by molar-refractivity contribution is -0.183. The first-order valence-corrected chi connectivity index (χ1v) is 9.86. The molecule has 1 aliphatic heterocycles. The van der Waals surface area contributed by atoms with E-state index in [9.17, 15) is 0 Å². The van der Waals surface area contributed by atoms with Gasteiger partial charge in [-0.25, -0.2) is 9.97 Å². The molecule has 8 nitrogen and oxygen atoms in total. The van der Waals surface area contributed by atoms with Crippen molar-refractivity contribution in [2.24, 2.45) is 0 Å².